The van der Waals surface area contributed by atoms with Crippen LogP contribution >= 0.6 is 0 Å². The van der Waals surface area contributed by atoms with E-state index in [2.05, 4.69) is 33.3 Å². The molecule has 2 aromatic heterocycles. The SMILES string of the molecule is CCCCCCNc1ncnc2[nH]c(C)cc12. The molecule has 2 N–H and O–H groups in total. The summed E-state index contributed by atoms with van der Waals surface area (Å²) in [7, 11) is 0. The van der Waals surface area contributed by atoms with Crippen LogP contribution < -0.4 is 5.32 Å². The maximum atomic E-state index is 4.30. The maximum Gasteiger partial charge on any atom is 0.143 e. The van der Waals surface area contributed by atoms with Crippen LogP contribution in [0.2, 0.25) is 0 Å². The highest BCUT2D eigenvalue weighted by Crippen LogP contribution is 2.19. The Kier molecular flexibility index (Phi) is 3.96. The van der Waals surface area contributed by atoms with E-state index < -0.39 is 0 Å². The van der Waals surface area contributed by atoms with Crippen molar-refractivity contribution in [2.24, 2.45) is 0 Å². The van der Waals surface area contributed by atoms with E-state index in [1.165, 1.54) is 25.7 Å². The molecule has 0 unspecified atom stereocenters. The predicted octanol–water partition coefficient (Wildman–Crippen LogP) is 3.26. The molecule has 0 spiro atoms. The summed E-state index contributed by atoms with van der Waals surface area (Å²) in [4.78, 5) is 11.7. The van der Waals surface area contributed by atoms with Crippen molar-refractivity contribution in [2.75, 3.05) is 11.9 Å². The molecule has 92 valence electrons. The zero-order valence-corrected chi connectivity index (χ0v) is 10.6. The Labute approximate surface area is 102 Å². The van der Waals surface area contributed by atoms with Crippen LogP contribution in [0.3, 0.4) is 0 Å². The summed E-state index contributed by atoms with van der Waals surface area (Å²) in [5.41, 5.74) is 2.03. The van der Waals surface area contributed by atoms with Crippen molar-refractivity contribution in [1.82, 2.24) is 15.0 Å². The van der Waals surface area contributed by atoms with Crippen LogP contribution in [0.15, 0.2) is 12.4 Å². The molecule has 2 heterocycles. The zero-order chi connectivity index (χ0) is 12.1. The minimum Gasteiger partial charge on any atom is -0.369 e. The molecule has 0 saturated carbocycles. The third-order valence-electron chi connectivity index (χ3n) is 2.88. The van der Waals surface area contributed by atoms with Gasteiger partial charge in [-0.3, -0.25) is 0 Å². The van der Waals surface area contributed by atoms with Gasteiger partial charge in [-0.15, -0.1) is 0 Å². The molecule has 2 aromatic rings. The minimum atomic E-state index is 0.911. The van der Waals surface area contributed by atoms with Gasteiger partial charge < -0.3 is 10.3 Å². The number of nitrogens with one attached hydrogen (secondary N) is 2. The van der Waals surface area contributed by atoms with Crippen molar-refractivity contribution in [2.45, 2.75) is 39.5 Å². The molecule has 0 aromatic carbocycles. The summed E-state index contributed by atoms with van der Waals surface area (Å²) in [5.74, 6) is 0.941. The van der Waals surface area contributed by atoms with Gasteiger partial charge in [-0.1, -0.05) is 26.2 Å². The standard InChI is InChI=1S/C13H20N4/c1-3-4-5-6-7-14-12-11-8-10(2)17-13(11)16-9-15-12/h8-9H,3-7H2,1-2H3,(H2,14,15,16,17). The van der Waals surface area contributed by atoms with Crippen molar-refractivity contribution in [3.63, 3.8) is 0 Å². The first-order valence-corrected chi connectivity index (χ1v) is 6.35. The van der Waals surface area contributed by atoms with Gasteiger partial charge in [-0.2, -0.15) is 0 Å². The van der Waals surface area contributed by atoms with Crippen LogP contribution in [0.5, 0.6) is 0 Å². The van der Waals surface area contributed by atoms with Gasteiger partial charge in [0.25, 0.3) is 0 Å². The molecule has 0 fully saturated rings. The van der Waals surface area contributed by atoms with E-state index in [1.807, 2.05) is 6.92 Å². The second kappa shape index (κ2) is 5.66. The third-order valence-corrected chi connectivity index (χ3v) is 2.88. The number of rotatable bonds is 6. The van der Waals surface area contributed by atoms with E-state index in [0.29, 0.717) is 0 Å². The van der Waals surface area contributed by atoms with Crippen LogP contribution in [0.4, 0.5) is 5.82 Å². The van der Waals surface area contributed by atoms with Gasteiger partial charge in [0.15, 0.2) is 0 Å². The third kappa shape index (κ3) is 2.96. The highest BCUT2D eigenvalue weighted by molar-refractivity contribution is 5.87. The maximum absolute atomic E-state index is 4.30. The van der Waals surface area contributed by atoms with E-state index in [1.54, 1.807) is 6.33 Å². The summed E-state index contributed by atoms with van der Waals surface area (Å²) in [6.45, 7) is 5.24. The number of fused-ring (bicyclic) bond motifs is 1. The monoisotopic (exact) mass is 232 g/mol. The van der Waals surface area contributed by atoms with E-state index in [4.69, 9.17) is 0 Å². The lowest BCUT2D eigenvalue weighted by Crippen LogP contribution is -2.03. The lowest BCUT2D eigenvalue weighted by molar-refractivity contribution is 0.684. The highest BCUT2D eigenvalue weighted by atomic mass is 15.0. The molecule has 0 aliphatic heterocycles. The first-order valence-electron chi connectivity index (χ1n) is 6.35. The van der Waals surface area contributed by atoms with Crippen molar-refractivity contribution in [3.05, 3.63) is 18.1 Å². The van der Waals surface area contributed by atoms with Crippen LogP contribution in [-0.4, -0.2) is 21.5 Å². The van der Waals surface area contributed by atoms with E-state index in [0.717, 1.165) is 29.1 Å². The first kappa shape index (κ1) is 11.9. The molecule has 0 bridgehead atoms. The number of aryl methyl sites for hydroxylation is 1. The Hall–Kier alpha value is -1.58. The number of aromatic nitrogens is 3. The zero-order valence-electron chi connectivity index (χ0n) is 10.6. The van der Waals surface area contributed by atoms with Gasteiger partial charge in [0.05, 0.1) is 5.39 Å². The van der Waals surface area contributed by atoms with Gasteiger partial charge in [0, 0.05) is 12.2 Å². The average Bonchev–Trinajstić information content (AvgIpc) is 2.70. The van der Waals surface area contributed by atoms with Gasteiger partial charge in [0.2, 0.25) is 0 Å². The van der Waals surface area contributed by atoms with Crippen LogP contribution in [0, 0.1) is 6.92 Å². The van der Waals surface area contributed by atoms with Crippen molar-refractivity contribution < 1.29 is 0 Å². The number of hydrogen-bond donors (Lipinski definition) is 2. The summed E-state index contributed by atoms with van der Waals surface area (Å²) in [6.07, 6.45) is 6.66. The Balaban J connectivity index is 1.98. The Morgan fingerprint density at radius 3 is 2.94 bits per heavy atom. The summed E-state index contributed by atoms with van der Waals surface area (Å²) >= 11 is 0. The molecule has 0 aliphatic rings. The van der Waals surface area contributed by atoms with Gasteiger partial charge in [-0.05, 0) is 19.4 Å². The Bertz CT molecular complexity index is 475. The highest BCUT2D eigenvalue weighted by Gasteiger charge is 2.04. The molecule has 0 saturated heterocycles. The molecule has 0 atom stereocenters. The second-order valence-electron chi connectivity index (χ2n) is 4.42. The van der Waals surface area contributed by atoms with Gasteiger partial charge in [0.1, 0.15) is 17.8 Å². The molecule has 0 radical (unpaired) electrons. The molecule has 4 heteroatoms. The van der Waals surface area contributed by atoms with Crippen LogP contribution in [0.1, 0.15) is 38.3 Å². The molecule has 2 rings (SSSR count). The van der Waals surface area contributed by atoms with Crippen molar-refractivity contribution in [3.8, 4) is 0 Å². The summed E-state index contributed by atoms with van der Waals surface area (Å²) < 4.78 is 0. The lowest BCUT2D eigenvalue weighted by atomic mass is 10.2. The van der Waals surface area contributed by atoms with Gasteiger partial charge >= 0.3 is 0 Å². The normalized spacial score (nSPS) is 10.9. The predicted molar refractivity (Wildman–Crippen MR) is 71.3 cm³/mol. The fraction of sp³-hybridized carbons (Fsp3) is 0.538. The number of aromatic amines is 1. The summed E-state index contributed by atoms with van der Waals surface area (Å²) in [5, 5.41) is 4.47. The van der Waals surface area contributed by atoms with Crippen LogP contribution in [0.25, 0.3) is 11.0 Å². The molecule has 0 amide bonds. The van der Waals surface area contributed by atoms with E-state index >= 15 is 0 Å². The van der Waals surface area contributed by atoms with Gasteiger partial charge in [-0.25, -0.2) is 9.97 Å². The second-order valence-corrected chi connectivity index (χ2v) is 4.42. The Morgan fingerprint density at radius 2 is 2.12 bits per heavy atom. The molecule has 4 nitrogen and oxygen atoms in total. The number of nitrogens with zero attached hydrogens (tertiary/aromatic N) is 2. The largest absolute Gasteiger partial charge is 0.369 e. The molecular formula is C13H20N4. The topological polar surface area (TPSA) is 53.6 Å². The lowest BCUT2D eigenvalue weighted by Gasteiger charge is -2.05. The minimum absolute atomic E-state index is 0.911. The number of hydrogen-bond acceptors (Lipinski definition) is 3. The van der Waals surface area contributed by atoms with Crippen molar-refractivity contribution >= 4 is 16.9 Å². The average molecular weight is 232 g/mol. The molecular weight excluding hydrogens is 212 g/mol. The van der Waals surface area contributed by atoms with Crippen molar-refractivity contribution in [1.29, 1.82) is 0 Å². The first-order chi connectivity index (χ1) is 8.31. The van der Waals surface area contributed by atoms with E-state index in [9.17, 15) is 0 Å². The molecule has 0 aliphatic carbocycles. The van der Waals surface area contributed by atoms with Crippen LogP contribution in [-0.2, 0) is 0 Å². The number of H-pyrrole nitrogens is 1. The summed E-state index contributed by atoms with van der Waals surface area (Å²) in [6, 6.07) is 2.09. The Morgan fingerprint density at radius 1 is 1.24 bits per heavy atom. The quantitative estimate of drug-likeness (QED) is 0.752. The van der Waals surface area contributed by atoms with E-state index in [-0.39, 0.29) is 0 Å². The smallest absolute Gasteiger partial charge is 0.143 e. The molecule has 17 heavy (non-hydrogen) atoms. The number of anilines is 1. The fourth-order valence-corrected chi connectivity index (χ4v) is 1.97. The fourth-order valence-electron chi connectivity index (χ4n) is 1.97. The number of unbranched alkanes of at least 4 members (excludes halogenated alkanes) is 3.